The molecule has 0 aromatic carbocycles. The van der Waals surface area contributed by atoms with Crippen LogP contribution in [0, 0.1) is 5.92 Å². The minimum absolute atomic E-state index is 0.0408. The van der Waals surface area contributed by atoms with Crippen LogP contribution in [0.2, 0.25) is 0 Å². The van der Waals surface area contributed by atoms with Gasteiger partial charge in [-0.2, -0.15) is 5.10 Å². The number of nitrogens with zero attached hydrogens (tertiary/aromatic N) is 3. The standard InChI is InChI=1S/C14H26N4O/c1-5-17(6-2)7-8-18-14(19)9-13(11-16-18)15-10-12(3)4/h9,11-12,15H,5-8,10H2,1-4H3. The Bertz CT molecular complexity index is 424. The molecule has 5 nitrogen and oxygen atoms in total. The van der Waals surface area contributed by atoms with Crippen LogP contribution in [-0.2, 0) is 6.54 Å². The van der Waals surface area contributed by atoms with Crippen LogP contribution < -0.4 is 10.9 Å². The van der Waals surface area contributed by atoms with E-state index in [9.17, 15) is 4.79 Å². The van der Waals surface area contributed by atoms with E-state index in [-0.39, 0.29) is 5.56 Å². The van der Waals surface area contributed by atoms with Crippen LogP contribution in [-0.4, -0.2) is 40.9 Å². The monoisotopic (exact) mass is 266 g/mol. The second kappa shape index (κ2) is 7.94. The van der Waals surface area contributed by atoms with Gasteiger partial charge < -0.3 is 10.2 Å². The lowest BCUT2D eigenvalue weighted by molar-refractivity contribution is 0.282. The molecule has 0 unspecified atom stereocenters. The van der Waals surface area contributed by atoms with E-state index >= 15 is 0 Å². The van der Waals surface area contributed by atoms with Crippen molar-refractivity contribution in [1.82, 2.24) is 14.7 Å². The highest BCUT2D eigenvalue weighted by Crippen LogP contribution is 2.02. The van der Waals surface area contributed by atoms with Crippen LogP contribution in [0.25, 0.3) is 0 Å². The average molecular weight is 266 g/mol. The summed E-state index contributed by atoms with van der Waals surface area (Å²) in [6, 6.07) is 1.62. The molecule has 0 radical (unpaired) electrons. The highest BCUT2D eigenvalue weighted by Gasteiger charge is 2.03. The summed E-state index contributed by atoms with van der Waals surface area (Å²) >= 11 is 0. The Balaban J connectivity index is 2.59. The van der Waals surface area contributed by atoms with Crippen LogP contribution in [0.3, 0.4) is 0 Å². The zero-order valence-corrected chi connectivity index (χ0v) is 12.5. The molecule has 1 N–H and O–H groups in total. The zero-order chi connectivity index (χ0) is 14.3. The lowest BCUT2D eigenvalue weighted by Crippen LogP contribution is -2.32. The van der Waals surface area contributed by atoms with Gasteiger partial charge in [0.1, 0.15) is 0 Å². The maximum atomic E-state index is 11.9. The Kier molecular flexibility index (Phi) is 6.56. The number of aromatic nitrogens is 2. The second-order valence-electron chi connectivity index (χ2n) is 5.11. The van der Waals surface area contributed by atoms with Crippen molar-refractivity contribution in [1.29, 1.82) is 0 Å². The molecule has 0 aliphatic rings. The van der Waals surface area contributed by atoms with Gasteiger partial charge in [0, 0.05) is 19.2 Å². The Morgan fingerprint density at radius 3 is 2.58 bits per heavy atom. The topological polar surface area (TPSA) is 50.2 Å². The van der Waals surface area contributed by atoms with Crippen molar-refractivity contribution in [2.24, 2.45) is 5.92 Å². The van der Waals surface area contributed by atoms with E-state index in [4.69, 9.17) is 0 Å². The molecule has 5 heteroatoms. The number of anilines is 1. The minimum Gasteiger partial charge on any atom is -0.383 e. The van der Waals surface area contributed by atoms with E-state index in [1.807, 2.05) is 0 Å². The Morgan fingerprint density at radius 1 is 1.37 bits per heavy atom. The lowest BCUT2D eigenvalue weighted by atomic mass is 10.2. The van der Waals surface area contributed by atoms with Gasteiger partial charge >= 0.3 is 0 Å². The summed E-state index contributed by atoms with van der Waals surface area (Å²) < 4.78 is 1.53. The predicted octanol–water partition coefficient (Wildman–Crippen LogP) is 1.65. The van der Waals surface area contributed by atoms with Gasteiger partial charge in [0.25, 0.3) is 5.56 Å². The Labute approximate surface area is 115 Å². The molecule has 1 rings (SSSR count). The molecular formula is C14H26N4O. The third-order valence-corrected chi connectivity index (χ3v) is 3.11. The minimum atomic E-state index is -0.0408. The second-order valence-corrected chi connectivity index (χ2v) is 5.11. The molecule has 0 bridgehead atoms. The maximum Gasteiger partial charge on any atom is 0.268 e. The number of hydrogen-bond donors (Lipinski definition) is 1. The van der Waals surface area contributed by atoms with Crippen LogP contribution in [0.5, 0.6) is 0 Å². The first-order valence-electron chi connectivity index (χ1n) is 7.10. The van der Waals surface area contributed by atoms with E-state index in [0.29, 0.717) is 12.5 Å². The van der Waals surface area contributed by atoms with E-state index in [0.717, 1.165) is 31.9 Å². The van der Waals surface area contributed by atoms with E-state index in [1.54, 1.807) is 12.3 Å². The molecule has 1 aromatic rings. The molecule has 19 heavy (non-hydrogen) atoms. The Hall–Kier alpha value is -1.36. The molecule has 1 heterocycles. The summed E-state index contributed by atoms with van der Waals surface area (Å²) in [5.74, 6) is 0.546. The fourth-order valence-corrected chi connectivity index (χ4v) is 1.80. The van der Waals surface area contributed by atoms with Crippen molar-refractivity contribution in [2.45, 2.75) is 34.2 Å². The fourth-order valence-electron chi connectivity index (χ4n) is 1.80. The van der Waals surface area contributed by atoms with Crippen molar-refractivity contribution in [3.63, 3.8) is 0 Å². The molecule has 0 atom stereocenters. The summed E-state index contributed by atoms with van der Waals surface area (Å²) in [5.41, 5.74) is 0.763. The highest BCUT2D eigenvalue weighted by atomic mass is 16.1. The molecule has 1 aromatic heterocycles. The van der Waals surface area contributed by atoms with Crippen LogP contribution in [0.4, 0.5) is 5.69 Å². The van der Waals surface area contributed by atoms with Crippen molar-refractivity contribution < 1.29 is 0 Å². The summed E-state index contributed by atoms with van der Waals surface area (Å²) in [4.78, 5) is 14.2. The van der Waals surface area contributed by atoms with Crippen LogP contribution >= 0.6 is 0 Å². The molecule has 108 valence electrons. The van der Waals surface area contributed by atoms with Crippen molar-refractivity contribution in [3.8, 4) is 0 Å². The molecular weight excluding hydrogens is 240 g/mol. The fraction of sp³-hybridized carbons (Fsp3) is 0.714. The van der Waals surface area contributed by atoms with E-state index in [2.05, 4.69) is 43.0 Å². The van der Waals surface area contributed by atoms with Gasteiger partial charge in [0.15, 0.2) is 0 Å². The third-order valence-electron chi connectivity index (χ3n) is 3.11. The molecule has 0 fully saturated rings. The number of likely N-dealkylation sites (N-methyl/N-ethyl adjacent to an activating group) is 1. The van der Waals surface area contributed by atoms with Gasteiger partial charge in [-0.3, -0.25) is 4.79 Å². The summed E-state index contributed by atoms with van der Waals surface area (Å²) in [7, 11) is 0. The lowest BCUT2D eigenvalue weighted by Gasteiger charge is -2.18. The molecule has 0 aliphatic carbocycles. The molecule has 0 spiro atoms. The first-order chi connectivity index (χ1) is 9.06. The van der Waals surface area contributed by atoms with Crippen molar-refractivity contribution >= 4 is 5.69 Å². The van der Waals surface area contributed by atoms with Crippen LogP contribution in [0.15, 0.2) is 17.1 Å². The van der Waals surface area contributed by atoms with Crippen molar-refractivity contribution in [2.75, 3.05) is 31.5 Å². The summed E-state index contributed by atoms with van der Waals surface area (Å²) in [6.07, 6.45) is 1.73. The summed E-state index contributed by atoms with van der Waals surface area (Å²) in [6.45, 7) is 12.9. The van der Waals surface area contributed by atoms with Gasteiger partial charge in [-0.1, -0.05) is 27.7 Å². The van der Waals surface area contributed by atoms with Gasteiger partial charge in [-0.15, -0.1) is 0 Å². The number of nitrogens with one attached hydrogen (secondary N) is 1. The van der Waals surface area contributed by atoms with Crippen LogP contribution in [0.1, 0.15) is 27.7 Å². The normalized spacial score (nSPS) is 11.3. The average Bonchev–Trinajstić information content (AvgIpc) is 2.39. The van der Waals surface area contributed by atoms with E-state index < -0.39 is 0 Å². The molecule has 0 saturated heterocycles. The highest BCUT2D eigenvalue weighted by molar-refractivity contribution is 5.38. The number of rotatable bonds is 8. The van der Waals surface area contributed by atoms with Crippen molar-refractivity contribution in [3.05, 3.63) is 22.6 Å². The maximum absolute atomic E-state index is 11.9. The first-order valence-corrected chi connectivity index (χ1v) is 7.10. The van der Waals surface area contributed by atoms with Gasteiger partial charge in [0.2, 0.25) is 0 Å². The Morgan fingerprint density at radius 2 is 2.05 bits per heavy atom. The SMILES string of the molecule is CCN(CC)CCn1ncc(NCC(C)C)cc1=O. The largest absolute Gasteiger partial charge is 0.383 e. The third kappa shape index (κ3) is 5.42. The van der Waals surface area contributed by atoms with Gasteiger partial charge in [0.05, 0.1) is 18.4 Å². The molecule has 0 saturated carbocycles. The first kappa shape index (κ1) is 15.7. The predicted molar refractivity (Wildman–Crippen MR) is 79.6 cm³/mol. The number of hydrogen-bond acceptors (Lipinski definition) is 4. The summed E-state index contributed by atoms with van der Waals surface area (Å²) in [5, 5.41) is 7.42. The van der Waals surface area contributed by atoms with Gasteiger partial charge in [-0.05, 0) is 19.0 Å². The zero-order valence-electron chi connectivity index (χ0n) is 12.5. The quantitative estimate of drug-likeness (QED) is 0.777. The van der Waals surface area contributed by atoms with E-state index in [1.165, 1.54) is 4.68 Å². The van der Waals surface area contributed by atoms with Gasteiger partial charge in [-0.25, -0.2) is 4.68 Å². The smallest absolute Gasteiger partial charge is 0.268 e. The molecule has 0 amide bonds. The molecule has 0 aliphatic heterocycles.